The standard InChI is InChI=1S/C15H16ClNO3/c1-2-10-7-8-14(20-10)15(19)17-9-13(18)11-5-3-4-6-12(11)16/h3-8,13,18H,2,9H2,1H3,(H,17,19). The molecule has 1 heterocycles. The Balaban J connectivity index is 1.95. The van der Waals surface area contributed by atoms with Crippen LogP contribution in [0.15, 0.2) is 40.8 Å². The van der Waals surface area contributed by atoms with E-state index in [1.807, 2.05) is 6.92 Å². The average Bonchev–Trinajstić information content (AvgIpc) is 2.94. The van der Waals surface area contributed by atoms with Gasteiger partial charge in [0.15, 0.2) is 5.76 Å². The largest absolute Gasteiger partial charge is 0.456 e. The summed E-state index contributed by atoms with van der Waals surface area (Å²) in [5, 5.41) is 13.1. The first kappa shape index (κ1) is 14.6. The van der Waals surface area contributed by atoms with Crippen LogP contribution in [0.25, 0.3) is 0 Å². The molecule has 2 N–H and O–H groups in total. The van der Waals surface area contributed by atoms with Crippen molar-refractivity contribution < 1.29 is 14.3 Å². The summed E-state index contributed by atoms with van der Waals surface area (Å²) in [6.07, 6.45) is -0.122. The van der Waals surface area contributed by atoms with Crippen molar-refractivity contribution in [2.24, 2.45) is 0 Å². The van der Waals surface area contributed by atoms with Crippen LogP contribution < -0.4 is 5.32 Å². The second-order valence-corrected chi connectivity index (χ2v) is 4.77. The summed E-state index contributed by atoms with van der Waals surface area (Å²) in [4.78, 5) is 11.8. The molecule has 4 nitrogen and oxygen atoms in total. The van der Waals surface area contributed by atoms with Crippen LogP contribution in [0.3, 0.4) is 0 Å². The number of hydrogen-bond acceptors (Lipinski definition) is 3. The summed E-state index contributed by atoms with van der Waals surface area (Å²) in [6, 6.07) is 10.4. The number of carbonyl (C=O) groups excluding carboxylic acids is 1. The number of nitrogens with one attached hydrogen (secondary N) is 1. The van der Waals surface area contributed by atoms with E-state index in [0.717, 1.165) is 12.2 Å². The molecule has 0 aliphatic heterocycles. The second-order valence-electron chi connectivity index (χ2n) is 4.37. The van der Waals surface area contributed by atoms with E-state index in [1.165, 1.54) is 0 Å². The second kappa shape index (κ2) is 6.59. The van der Waals surface area contributed by atoms with Crippen molar-refractivity contribution in [3.05, 3.63) is 58.5 Å². The first-order valence-corrected chi connectivity index (χ1v) is 6.79. The minimum Gasteiger partial charge on any atom is -0.456 e. The van der Waals surface area contributed by atoms with Crippen LogP contribution in [-0.2, 0) is 6.42 Å². The summed E-state index contributed by atoms with van der Waals surface area (Å²) in [5.74, 6) is 0.644. The van der Waals surface area contributed by atoms with Gasteiger partial charge >= 0.3 is 0 Å². The molecule has 2 rings (SSSR count). The van der Waals surface area contributed by atoms with Crippen LogP contribution in [0.4, 0.5) is 0 Å². The molecule has 0 saturated carbocycles. The van der Waals surface area contributed by atoms with Crippen LogP contribution in [0.1, 0.15) is 34.9 Å². The third-order valence-electron chi connectivity index (χ3n) is 2.95. The van der Waals surface area contributed by atoms with Gasteiger partial charge in [-0.1, -0.05) is 36.7 Å². The van der Waals surface area contributed by atoms with Crippen LogP contribution >= 0.6 is 11.6 Å². The van der Waals surface area contributed by atoms with Crippen molar-refractivity contribution >= 4 is 17.5 Å². The van der Waals surface area contributed by atoms with Gasteiger partial charge in [-0.05, 0) is 18.2 Å². The lowest BCUT2D eigenvalue weighted by Gasteiger charge is -2.13. The number of rotatable bonds is 5. The Labute approximate surface area is 122 Å². The summed E-state index contributed by atoms with van der Waals surface area (Å²) >= 11 is 5.98. The third kappa shape index (κ3) is 3.40. The molecule has 0 radical (unpaired) electrons. The van der Waals surface area contributed by atoms with Crippen LogP contribution in [-0.4, -0.2) is 17.6 Å². The van der Waals surface area contributed by atoms with Gasteiger partial charge in [0.2, 0.25) is 0 Å². The predicted octanol–water partition coefficient (Wildman–Crippen LogP) is 2.96. The minimum atomic E-state index is -0.853. The number of furan rings is 1. The molecule has 0 saturated heterocycles. The number of aryl methyl sites for hydroxylation is 1. The molecule has 106 valence electrons. The van der Waals surface area contributed by atoms with Gasteiger partial charge in [-0.15, -0.1) is 0 Å². The summed E-state index contributed by atoms with van der Waals surface area (Å²) in [7, 11) is 0. The zero-order valence-corrected chi connectivity index (χ0v) is 11.9. The molecule has 0 spiro atoms. The number of amides is 1. The number of halogens is 1. The Morgan fingerprint density at radius 2 is 2.10 bits per heavy atom. The maximum atomic E-state index is 11.8. The molecular weight excluding hydrogens is 278 g/mol. The lowest BCUT2D eigenvalue weighted by Crippen LogP contribution is -2.28. The van der Waals surface area contributed by atoms with Crippen molar-refractivity contribution in [1.82, 2.24) is 5.32 Å². The Morgan fingerprint density at radius 1 is 1.35 bits per heavy atom. The average molecular weight is 294 g/mol. The molecule has 1 atom stereocenters. The molecule has 20 heavy (non-hydrogen) atoms. The first-order chi connectivity index (χ1) is 9.61. The fraction of sp³-hybridized carbons (Fsp3) is 0.267. The van der Waals surface area contributed by atoms with Crippen molar-refractivity contribution in [2.45, 2.75) is 19.4 Å². The number of hydrogen-bond donors (Lipinski definition) is 2. The van der Waals surface area contributed by atoms with Crippen molar-refractivity contribution in [2.75, 3.05) is 6.54 Å². The molecule has 5 heteroatoms. The molecule has 0 bridgehead atoms. The van der Waals surface area contributed by atoms with E-state index in [1.54, 1.807) is 36.4 Å². The van der Waals surface area contributed by atoms with E-state index in [4.69, 9.17) is 16.0 Å². The van der Waals surface area contributed by atoms with E-state index < -0.39 is 6.10 Å². The van der Waals surface area contributed by atoms with Crippen molar-refractivity contribution in [3.8, 4) is 0 Å². The van der Waals surface area contributed by atoms with Gasteiger partial charge in [0.1, 0.15) is 5.76 Å². The molecule has 0 fully saturated rings. The monoisotopic (exact) mass is 293 g/mol. The smallest absolute Gasteiger partial charge is 0.287 e. The third-order valence-corrected chi connectivity index (χ3v) is 3.30. The molecule has 0 aliphatic rings. The zero-order chi connectivity index (χ0) is 14.5. The number of aliphatic hydroxyl groups is 1. The van der Waals surface area contributed by atoms with Crippen LogP contribution in [0.5, 0.6) is 0 Å². The molecule has 1 aromatic heterocycles. The predicted molar refractivity (Wildman–Crippen MR) is 76.8 cm³/mol. The topological polar surface area (TPSA) is 62.5 Å². The van der Waals surface area contributed by atoms with Gasteiger partial charge in [0.05, 0.1) is 6.10 Å². The summed E-state index contributed by atoms with van der Waals surface area (Å²) in [5.41, 5.74) is 0.586. The first-order valence-electron chi connectivity index (χ1n) is 6.41. The highest BCUT2D eigenvalue weighted by atomic mass is 35.5. The maximum Gasteiger partial charge on any atom is 0.287 e. The van der Waals surface area contributed by atoms with E-state index in [9.17, 15) is 9.90 Å². The summed E-state index contributed by atoms with van der Waals surface area (Å²) < 4.78 is 5.34. The Hall–Kier alpha value is -1.78. The van der Waals surface area contributed by atoms with Crippen molar-refractivity contribution in [3.63, 3.8) is 0 Å². The van der Waals surface area contributed by atoms with Gasteiger partial charge in [-0.25, -0.2) is 0 Å². The van der Waals surface area contributed by atoms with Gasteiger partial charge in [-0.3, -0.25) is 4.79 Å². The van der Waals surface area contributed by atoms with Gasteiger partial charge in [0.25, 0.3) is 5.91 Å². The van der Waals surface area contributed by atoms with Gasteiger partial charge in [-0.2, -0.15) is 0 Å². The van der Waals surface area contributed by atoms with E-state index in [-0.39, 0.29) is 18.2 Å². The van der Waals surface area contributed by atoms with Gasteiger partial charge < -0.3 is 14.8 Å². The molecule has 1 unspecified atom stereocenters. The highest BCUT2D eigenvalue weighted by molar-refractivity contribution is 6.31. The van der Waals surface area contributed by atoms with Crippen LogP contribution in [0.2, 0.25) is 5.02 Å². The fourth-order valence-electron chi connectivity index (χ4n) is 1.82. The minimum absolute atomic E-state index is 0.0741. The van der Waals surface area contributed by atoms with Crippen LogP contribution in [0, 0.1) is 0 Å². The SMILES string of the molecule is CCc1ccc(C(=O)NCC(O)c2ccccc2Cl)o1. The summed E-state index contributed by atoms with van der Waals surface area (Å²) in [6.45, 7) is 2.02. The zero-order valence-electron chi connectivity index (χ0n) is 11.1. The Kier molecular flexibility index (Phi) is 4.82. The van der Waals surface area contributed by atoms with E-state index in [0.29, 0.717) is 10.6 Å². The fourth-order valence-corrected chi connectivity index (χ4v) is 2.08. The number of carbonyl (C=O) groups is 1. The molecule has 1 amide bonds. The normalized spacial score (nSPS) is 12.2. The Morgan fingerprint density at radius 3 is 2.75 bits per heavy atom. The lowest BCUT2D eigenvalue weighted by atomic mass is 10.1. The number of benzene rings is 1. The number of aliphatic hydroxyl groups excluding tert-OH is 1. The molecule has 1 aromatic carbocycles. The maximum absolute atomic E-state index is 11.8. The lowest BCUT2D eigenvalue weighted by molar-refractivity contribution is 0.0887. The molecular formula is C15H16ClNO3. The highest BCUT2D eigenvalue weighted by Gasteiger charge is 2.15. The Bertz CT molecular complexity index is 594. The quantitative estimate of drug-likeness (QED) is 0.891. The molecule has 2 aromatic rings. The molecule has 0 aliphatic carbocycles. The van der Waals surface area contributed by atoms with E-state index in [2.05, 4.69) is 5.32 Å². The van der Waals surface area contributed by atoms with Crippen molar-refractivity contribution in [1.29, 1.82) is 0 Å². The highest BCUT2D eigenvalue weighted by Crippen LogP contribution is 2.21. The van der Waals surface area contributed by atoms with E-state index >= 15 is 0 Å². The van der Waals surface area contributed by atoms with Gasteiger partial charge in [0, 0.05) is 23.6 Å².